The van der Waals surface area contributed by atoms with E-state index in [9.17, 15) is 13.2 Å². The first kappa shape index (κ1) is 11.8. The number of nitrogens with two attached hydrogens (primary N) is 1. The number of nitrogens with one attached hydrogen (secondary N) is 1. The Morgan fingerprint density at radius 2 is 1.71 bits per heavy atom. The van der Waals surface area contributed by atoms with Crippen LogP contribution in [0.25, 0.3) is 0 Å². The molecule has 0 aromatic carbocycles. The van der Waals surface area contributed by atoms with Crippen LogP contribution in [0.5, 0.6) is 0 Å². The van der Waals surface area contributed by atoms with Gasteiger partial charge in [-0.3, -0.25) is 0 Å². The maximum atomic E-state index is 12.2. The van der Waals surface area contributed by atoms with E-state index in [1.54, 1.807) is 0 Å². The van der Waals surface area contributed by atoms with Gasteiger partial charge in [0.2, 0.25) is 0 Å². The fraction of sp³-hybridized carbons (Fsp3) is 1.00. The van der Waals surface area contributed by atoms with Crippen molar-refractivity contribution in [3.63, 3.8) is 0 Å². The summed E-state index contributed by atoms with van der Waals surface area (Å²) in [7, 11) is 0. The summed E-state index contributed by atoms with van der Waals surface area (Å²) < 4.78 is 36.6. The molecule has 2 nitrogen and oxygen atoms in total. The van der Waals surface area contributed by atoms with Crippen LogP contribution in [0.15, 0.2) is 0 Å². The van der Waals surface area contributed by atoms with Crippen molar-refractivity contribution in [3.8, 4) is 0 Å². The fourth-order valence-electron chi connectivity index (χ4n) is 1.73. The van der Waals surface area contributed by atoms with Crippen molar-refractivity contribution in [2.75, 3.05) is 0 Å². The average Bonchev–Trinajstić information content (AvgIpc) is 2.07. The van der Waals surface area contributed by atoms with Gasteiger partial charge in [-0.1, -0.05) is 0 Å². The van der Waals surface area contributed by atoms with E-state index in [0.717, 1.165) is 32.6 Å². The SMILES string of the molecule is C[C@H](NC1CCC(N)CC1)C(F)(F)F. The lowest BCUT2D eigenvalue weighted by atomic mass is 9.91. The largest absolute Gasteiger partial charge is 0.403 e. The van der Waals surface area contributed by atoms with Crippen LogP contribution in [0.2, 0.25) is 0 Å². The highest BCUT2D eigenvalue weighted by Gasteiger charge is 2.37. The maximum absolute atomic E-state index is 12.2. The van der Waals surface area contributed by atoms with E-state index in [0.29, 0.717) is 0 Å². The standard InChI is InChI=1S/C9H17F3N2/c1-6(9(10,11)12)14-8-4-2-7(13)3-5-8/h6-8,14H,2-5,13H2,1H3/t6-,7?,8?/m0/s1. The summed E-state index contributed by atoms with van der Waals surface area (Å²) in [4.78, 5) is 0. The number of hydrogen-bond acceptors (Lipinski definition) is 2. The molecule has 0 heterocycles. The summed E-state index contributed by atoms with van der Waals surface area (Å²) >= 11 is 0. The predicted molar refractivity (Wildman–Crippen MR) is 48.9 cm³/mol. The minimum absolute atomic E-state index is 0.0218. The highest BCUT2D eigenvalue weighted by Crippen LogP contribution is 2.23. The monoisotopic (exact) mass is 210 g/mol. The Labute approximate surface area is 82.0 Å². The highest BCUT2D eigenvalue weighted by molar-refractivity contribution is 4.82. The molecule has 0 bridgehead atoms. The zero-order chi connectivity index (χ0) is 10.8. The lowest BCUT2D eigenvalue weighted by molar-refractivity contribution is -0.153. The van der Waals surface area contributed by atoms with E-state index < -0.39 is 12.2 Å². The van der Waals surface area contributed by atoms with Crippen molar-refractivity contribution in [2.45, 2.75) is 56.9 Å². The minimum Gasteiger partial charge on any atom is -0.328 e. The zero-order valence-corrected chi connectivity index (χ0v) is 8.27. The molecule has 0 unspecified atom stereocenters. The molecule has 1 rings (SSSR count). The van der Waals surface area contributed by atoms with E-state index in [1.807, 2.05) is 0 Å². The Bertz CT molecular complexity index is 173. The fourth-order valence-corrected chi connectivity index (χ4v) is 1.73. The van der Waals surface area contributed by atoms with E-state index >= 15 is 0 Å². The number of rotatable bonds is 2. The van der Waals surface area contributed by atoms with Gasteiger partial charge in [-0.2, -0.15) is 13.2 Å². The first-order valence-corrected chi connectivity index (χ1v) is 4.98. The third-order valence-electron chi connectivity index (χ3n) is 2.75. The van der Waals surface area contributed by atoms with Gasteiger partial charge in [-0.15, -0.1) is 0 Å². The Kier molecular flexibility index (Phi) is 3.78. The molecule has 5 heteroatoms. The topological polar surface area (TPSA) is 38.0 Å². The third-order valence-corrected chi connectivity index (χ3v) is 2.75. The van der Waals surface area contributed by atoms with Gasteiger partial charge in [0.25, 0.3) is 0 Å². The van der Waals surface area contributed by atoms with E-state index in [4.69, 9.17) is 5.73 Å². The molecule has 1 atom stereocenters. The molecule has 1 aliphatic carbocycles. The molecule has 14 heavy (non-hydrogen) atoms. The van der Waals surface area contributed by atoms with Gasteiger partial charge < -0.3 is 11.1 Å². The number of halogens is 3. The van der Waals surface area contributed by atoms with Gasteiger partial charge in [0.15, 0.2) is 0 Å². The second kappa shape index (κ2) is 4.49. The highest BCUT2D eigenvalue weighted by atomic mass is 19.4. The summed E-state index contributed by atoms with van der Waals surface area (Å²) in [5.41, 5.74) is 5.66. The van der Waals surface area contributed by atoms with Crippen LogP contribution in [-0.2, 0) is 0 Å². The molecule has 0 aromatic rings. The van der Waals surface area contributed by atoms with Crippen molar-refractivity contribution in [1.82, 2.24) is 5.32 Å². The van der Waals surface area contributed by atoms with Gasteiger partial charge in [-0.25, -0.2) is 0 Å². The molecule has 0 aliphatic heterocycles. The Hall–Kier alpha value is -0.290. The molecule has 3 N–H and O–H groups in total. The smallest absolute Gasteiger partial charge is 0.328 e. The summed E-state index contributed by atoms with van der Waals surface area (Å²) in [6.07, 6.45) is -0.993. The zero-order valence-electron chi connectivity index (χ0n) is 8.27. The predicted octanol–water partition coefficient (Wildman–Crippen LogP) is 1.80. The quantitative estimate of drug-likeness (QED) is 0.729. The summed E-state index contributed by atoms with van der Waals surface area (Å²) in [5, 5.41) is 2.60. The second-order valence-electron chi connectivity index (χ2n) is 4.04. The van der Waals surface area contributed by atoms with Gasteiger partial charge in [0.05, 0.1) is 0 Å². The molecule has 0 saturated heterocycles. The molecule has 0 radical (unpaired) electrons. The van der Waals surface area contributed by atoms with Crippen LogP contribution in [0.3, 0.4) is 0 Å². The van der Waals surface area contributed by atoms with Crippen molar-refractivity contribution in [1.29, 1.82) is 0 Å². The molecule has 0 aromatic heterocycles. The normalized spacial score (nSPS) is 31.5. The second-order valence-corrected chi connectivity index (χ2v) is 4.04. The van der Waals surface area contributed by atoms with Gasteiger partial charge in [-0.05, 0) is 32.6 Å². The first-order chi connectivity index (χ1) is 6.39. The first-order valence-electron chi connectivity index (χ1n) is 4.98. The van der Waals surface area contributed by atoms with Crippen LogP contribution < -0.4 is 11.1 Å². The Balaban J connectivity index is 2.31. The molecule has 1 saturated carbocycles. The molecule has 1 fully saturated rings. The van der Waals surface area contributed by atoms with Crippen molar-refractivity contribution in [2.24, 2.45) is 5.73 Å². The number of hydrogen-bond donors (Lipinski definition) is 2. The molecule has 0 spiro atoms. The lowest BCUT2D eigenvalue weighted by Crippen LogP contribution is -2.47. The average molecular weight is 210 g/mol. The molecular formula is C9H17F3N2. The maximum Gasteiger partial charge on any atom is 0.403 e. The van der Waals surface area contributed by atoms with Crippen molar-refractivity contribution >= 4 is 0 Å². The molecule has 0 amide bonds. The van der Waals surface area contributed by atoms with Crippen molar-refractivity contribution in [3.05, 3.63) is 0 Å². The van der Waals surface area contributed by atoms with Crippen LogP contribution in [0.4, 0.5) is 13.2 Å². The van der Waals surface area contributed by atoms with Crippen molar-refractivity contribution < 1.29 is 13.2 Å². The Morgan fingerprint density at radius 3 is 2.14 bits per heavy atom. The minimum atomic E-state index is -4.14. The van der Waals surface area contributed by atoms with E-state index in [2.05, 4.69) is 5.32 Å². The van der Waals surface area contributed by atoms with Crippen LogP contribution in [0, 0.1) is 0 Å². The van der Waals surface area contributed by atoms with Gasteiger partial charge >= 0.3 is 6.18 Å². The summed E-state index contributed by atoms with van der Waals surface area (Å²) in [6.45, 7) is 1.16. The summed E-state index contributed by atoms with van der Waals surface area (Å²) in [6, 6.07) is -1.26. The molecule has 84 valence electrons. The van der Waals surface area contributed by atoms with Crippen LogP contribution in [0.1, 0.15) is 32.6 Å². The van der Waals surface area contributed by atoms with Crippen LogP contribution in [-0.4, -0.2) is 24.3 Å². The van der Waals surface area contributed by atoms with Crippen LogP contribution >= 0.6 is 0 Å². The lowest BCUT2D eigenvalue weighted by Gasteiger charge is -2.30. The number of alkyl halides is 3. The van der Waals surface area contributed by atoms with Gasteiger partial charge in [0, 0.05) is 12.1 Å². The van der Waals surface area contributed by atoms with Gasteiger partial charge in [0.1, 0.15) is 6.04 Å². The van der Waals surface area contributed by atoms with E-state index in [1.165, 1.54) is 0 Å². The van der Waals surface area contributed by atoms with E-state index in [-0.39, 0.29) is 12.1 Å². The molecule has 1 aliphatic rings. The Morgan fingerprint density at radius 1 is 1.21 bits per heavy atom. The third kappa shape index (κ3) is 3.46. The molecular weight excluding hydrogens is 193 g/mol. The summed E-state index contributed by atoms with van der Waals surface area (Å²) in [5.74, 6) is 0.